The summed E-state index contributed by atoms with van der Waals surface area (Å²) in [5.74, 6) is -0.402. The van der Waals surface area contributed by atoms with E-state index in [-0.39, 0.29) is 25.0 Å². The highest BCUT2D eigenvalue weighted by molar-refractivity contribution is 7.53. The van der Waals surface area contributed by atoms with Gasteiger partial charge in [-0.2, -0.15) is 0 Å². The summed E-state index contributed by atoms with van der Waals surface area (Å²) >= 11 is 0. The molecule has 0 unspecified atom stereocenters. The molecule has 16 heavy (non-hydrogen) atoms. The van der Waals surface area contributed by atoms with E-state index in [1.54, 1.807) is 27.7 Å². The highest BCUT2D eigenvalue weighted by Crippen LogP contribution is 2.50. The fourth-order valence-corrected chi connectivity index (χ4v) is 2.93. The second-order valence-corrected chi connectivity index (χ2v) is 6.07. The monoisotopic (exact) mass is 252 g/mol. The van der Waals surface area contributed by atoms with Gasteiger partial charge in [0.2, 0.25) is 0 Å². The Labute approximate surface area is 97.0 Å². The largest absolute Gasteiger partial charge is 0.465 e. The highest BCUT2D eigenvalue weighted by Gasteiger charge is 2.27. The molecule has 96 valence electrons. The van der Waals surface area contributed by atoms with E-state index in [2.05, 4.69) is 0 Å². The molecular formula is C10H21O5P. The Balaban J connectivity index is 4.30. The molecule has 0 amide bonds. The van der Waals surface area contributed by atoms with Crippen LogP contribution in [0.1, 0.15) is 34.6 Å². The third-order valence-electron chi connectivity index (χ3n) is 1.41. The minimum atomic E-state index is -3.17. The van der Waals surface area contributed by atoms with E-state index >= 15 is 0 Å². The third kappa shape index (κ3) is 7.85. The van der Waals surface area contributed by atoms with Crippen molar-refractivity contribution in [1.29, 1.82) is 0 Å². The third-order valence-corrected chi connectivity index (χ3v) is 3.63. The first-order valence-corrected chi connectivity index (χ1v) is 7.07. The number of ether oxygens (including phenoxy) is 1. The fourth-order valence-electron chi connectivity index (χ4n) is 1.07. The molecule has 0 radical (unpaired) electrons. The number of hydrogen-bond donors (Lipinski definition) is 0. The van der Waals surface area contributed by atoms with Crippen molar-refractivity contribution in [2.45, 2.75) is 46.8 Å². The van der Waals surface area contributed by atoms with Crippen molar-refractivity contribution in [1.82, 2.24) is 0 Å². The smallest absolute Gasteiger partial charge is 0.334 e. The average Bonchev–Trinajstić information content (AvgIpc) is 1.98. The van der Waals surface area contributed by atoms with Gasteiger partial charge in [-0.25, -0.2) is 0 Å². The second kappa shape index (κ2) is 7.05. The van der Waals surface area contributed by atoms with Crippen LogP contribution in [0.25, 0.3) is 0 Å². The molecule has 0 aromatic heterocycles. The van der Waals surface area contributed by atoms with Crippen molar-refractivity contribution in [3.05, 3.63) is 0 Å². The van der Waals surface area contributed by atoms with Gasteiger partial charge in [-0.3, -0.25) is 9.36 Å². The van der Waals surface area contributed by atoms with Gasteiger partial charge in [0, 0.05) is 6.92 Å². The minimum absolute atomic E-state index is 0.0477. The van der Waals surface area contributed by atoms with Gasteiger partial charge in [0.15, 0.2) is 0 Å². The summed E-state index contributed by atoms with van der Waals surface area (Å²) < 4.78 is 27.5. The molecule has 0 atom stereocenters. The van der Waals surface area contributed by atoms with Gasteiger partial charge in [-0.15, -0.1) is 0 Å². The SMILES string of the molecule is CC(=O)OCCP(=O)(OC(C)C)OC(C)C. The maximum absolute atomic E-state index is 12.2. The van der Waals surface area contributed by atoms with E-state index in [0.29, 0.717) is 0 Å². The summed E-state index contributed by atoms with van der Waals surface area (Å²) in [5, 5.41) is 0. The van der Waals surface area contributed by atoms with Gasteiger partial charge in [0.05, 0.1) is 18.4 Å². The van der Waals surface area contributed by atoms with Crippen molar-refractivity contribution in [2.75, 3.05) is 12.8 Å². The van der Waals surface area contributed by atoms with Crippen LogP contribution >= 0.6 is 7.60 Å². The lowest BCUT2D eigenvalue weighted by molar-refractivity contribution is -0.140. The molecule has 5 nitrogen and oxygen atoms in total. The second-order valence-electron chi connectivity index (χ2n) is 3.98. The van der Waals surface area contributed by atoms with E-state index in [4.69, 9.17) is 13.8 Å². The van der Waals surface area contributed by atoms with E-state index < -0.39 is 13.6 Å². The van der Waals surface area contributed by atoms with Crippen molar-refractivity contribution in [3.63, 3.8) is 0 Å². The number of rotatable bonds is 7. The summed E-state index contributed by atoms with van der Waals surface area (Å²) in [6.07, 6.45) is -0.299. The van der Waals surface area contributed by atoms with Crippen LogP contribution in [0.4, 0.5) is 0 Å². The molecule has 0 rings (SSSR count). The van der Waals surface area contributed by atoms with Crippen molar-refractivity contribution < 1.29 is 23.1 Å². The van der Waals surface area contributed by atoms with Crippen LogP contribution in [-0.2, 0) is 23.1 Å². The number of hydrogen-bond acceptors (Lipinski definition) is 5. The van der Waals surface area contributed by atoms with Crippen LogP contribution in [0.2, 0.25) is 0 Å². The van der Waals surface area contributed by atoms with Crippen LogP contribution in [0.15, 0.2) is 0 Å². The number of esters is 1. The first kappa shape index (κ1) is 15.6. The molecule has 0 aromatic rings. The Hall–Kier alpha value is -0.380. The minimum Gasteiger partial charge on any atom is -0.465 e. The highest BCUT2D eigenvalue weighted by atomic mass is 31.2. The summed E-state index contributed by atoms with van der Waals surface area (Å²) in [7, 11) is -3.17. The lowest BCUT2D eigenvalue weighted by atomic mass is 10.5. The van der Waals surface area contributed by atoms with E-state index in [1.807, 2.05) is 0 Å². The van der Waals surface area contributed by atoms with E-state index in [0.717, 1.165) is 0 Å². The normalized spacial score (nSPS) is 12.2. The zero-order chi connectivity index (χ0) is 12.8. The number of carbonyl (C=O) groups is 1. The molecule has 0 aliphatic rings. The summed E-state index contributed by atoms with van der Waals surface area (Å²) in [6.45, 7) is 8.47. The Morgan fingerprint density at radius 2 is 1.56 bits per heavy atom. The summed E-state index contributed by atoms with van der Waals surface area (Å²) in [6, 6.07) is 0. The first-order valence-electron chi connectivity index (χ1n) is 5.34. The molecule has 0 aliphatic carbocycles. The molecule has 0 bridgehead atoms. The van der Waals surface area contributed by atoms with Crippen molar-refractivity contribution in [2.24, 2.45) is 0 Å². The van der Waals surface area contributed by atoms with Gasteiger partial charge in [0.25, 0.3) is 0 Å². The van der Waals surface area contributed by atoms with Crippen molar-refractivity contribution in [3.8, 4) is 0 Å². The number of carbonyl (C=O) groups excluding carboxylic acids is 1. The fraction of sp³-hybridized carbons (Fsp3) is 0.900. The predicted octanol–water partition coefficient (Wildman–Crippen LogP) is 2.59. The van der Waals surface area contributed by atoms with Gasteiger partial charge in [0.1, 0.15) is 6.61 Å². The molecule has 0 heterocycles. The molecular weight excluding hydrogens is 231 g/mol. The Kier molecular flexibility index (Phi) is 6.88. The van der Waals surface area contributed by atoms with Crippen molar-refractivity contribution >= 4 is 13.6 Å². The van der Waals surface area contributed by atoms with Gasteiger partial charge in [-0.05, 0) is 27.7 Å². The molecule has 0 saturated carbocycles. The van der Waals surface area contributed by atoms with Gasteiger partial charge in [-0.1, -0.05) is 0 Å². The Bertz CT molecular complexity index is 248. The molecule has 0 fully saturated rings. The zero-order valence-electron chi connectivity index (χ0n) is 10.6. The van der Waals surface area contributed by atoms with E-state index in [1.165, 1.54) is 6.92 Å². The lowest BCUT2D eigenvalue weighted by Crippen LogP contribution is -2.14. The van der Waals surface area contributed by atoms with Gasteiger partial charge < -0.3 is 13.8 Å². The van der Waals surface area contributed by atoms with Crippen LogP contribution in [0, 0.1) is 0 Å². The molecule has 0 spiro atoms. The maximum atomic E-state index is 12.2. The van der Waals surface area contributed by atoms with Crippen LogP contribution in [0.5, 0.6) is 0 Å². The van der Waals surface area contributed by atoms with E-state index in [9.17, 15) is 9.36 Å². The predicted molar refractivity (Wildman–Crippen MR) is 61.5 cm³/mol. The molecule has 0 N–H and O–H groups in total. The van der Waals surface area contributed by atoms with Crippen LogP contribution in [0.3, 0.4) is 0 Å². The molecule has 6 heteroatoms. The maximum Gasteiger partial charge on any atom is 0.334 e. The molecule has 0 aliphatic heterocycles. The zero-order valence-corrected chi connectivity index (χ0v) is 11.5. The molecule has 0 saturated heterocycles. The average molecular weight is 252 g/mol. The standard InChI is InChI=1S/C10H21O5P/c1-8(2)14-16(12,15-9(3)4)7-6-13-10(5)11/h8-9H,6-7H2,1-5H3. The topological polar surface area (TPSA) is 61.8 Å². The Morgan fingerprint density at radius 3 is 1.88 bits per heavy atom. The summed E-state index contributed by atoms with van der Waals surface area (Å²) in [5.41, 5.74) is 0. The summed E-state index contributed by atoms with van der Waals surface area (Å²) in [4.78, 5) is 10.6. The van der Waals surface area contributed by atoms with Crippen LogP contribution < -0.4 is 0 Å². The van der Waals surface area contributed by atoms with Gasteiger partial charge >= 0.3 is 13.6 Å². The van der Waals surface area contributed by atoms with Crippen LogP contribution in [-0.4, -0.2) is 30.9 Å². The first-order chi connectivity index (χ1) is 7.25. The Morgan fingerprint density at radius 1 is 1.12 bits per heavy atom. The lowest BCUT2D eigenvalue weighted by Gasteiger charge is -2.22. The quantitative estimate of drug-likeness (QED) is 0.514. The molecule has 0 aromatic carbocycles.